The molecule has 4 heteroatoms. The normalized spacial score (nSPS) is 12.2. The predicted molar refractivity (Wildman–Crippen MR) is 102 cm³/mol. The van der Waals surface area contributed by atoms with E-state index in [9.17, 15) is 13.6 Å². The highest BCUT2D eigenvalue weighted by molar-refractivity contribution is 5.90. The van der Waals surface area contributed by atoms with Crippen molar-refractivity contribution in [2.45, 2.75) is 97.5 Å². The number of hydrogen-bond acceptors (Lipinski definition) is 2. The summed E-state index contributed by atoms with van der Waals surface area (Å²) in [5, 5.41) is 0. The van der Waals surface area contributed by atoms with Crippen LogP contribution in [0.15, 0.2) is 12.1 Å². The second-order valence-electron chi connectivity index (χ2n) is 7.11. The smallest absolute Gasteiger partial charge is 0.344 e. The van der Waals surface area contributed by atoms with E-state index in [4.69, 9.17) is 4.74 Å². The molecule has 1 atom stereocenters. The lowest BCUT2D eigenvalue weighted by molar-refractivity contribution is 0.0256. The van der Waals surface area contributed by atoms with Crippen LogP contribution in [0.25, 0.3) is 0 Å². The summed E-state index contributed by atoms with van der Waals surface area (Å²) in [6, 6.07) is 2.43. The zero-order valence-corrected chi connectivity index (χ0v) is 16.6. The lowest BCUT2D eigenvalue weighted by Gasteiger charge is -2.17. The lowest BCUT2D eigenvalue weighted by Crippen LogP contribution is -2.20. The van der Waals surface area contributed by atoms with Gasteiger partial charge in [0, 0.05) is 0 Å². The molecule has 0 N–H and O–H groups in total. The molecule has 0 aromatic heterocycles. The van der Waals surface area contributed by atoms with Gasteiger partial charge in [-0.05, 0) is 37.8 Å². The molecule has 1 aromatic rings. The number of ether oxygens (including phenoxy) is 1. The molecule has 0 saturated carbocycles. The Hall–Kier alpha value is -1.45. The molecule has 0 heterocycles. The predicted octanol–water partition coefficient (Wildman–Crippen LogP) is 7.13. The third kappa shape index (κ3) is 7.84. The molecule has 0 spiro atoms. The van der Waals surface area contributed by atoms with Crippen molar-refractivity contribution in [3.63, 3.8) is 0 Å². The van der Waals surface area contributed by atoms with Crippen LogP contribution >= 0.6 is 0 Å². The number of aryl methyl sites for hydroxylation is 1. The van der Waals surface area contributed by atoms with Gasteiger partial charge in [-0.3, -0.25) is 0 Å². The zero-order valence-electron chi connectivity index (χ0n) is 16.6. The molecule has 1 aromatic carbocycles. The Balaban J connectivity index is 2.32. The van der Waals surface area contributed by atoms with Crippen LogP contribution in [0.1, 0.15) is 100 Å². The Morgan fingerprint density at radius 3 is 2.12 bits per heavy atom. The van der Waals surface area contributed by atoms with Crippen molar-refractivity contribution in [2.75, 3.05) is 0 Å². The Morgan fingerprint density at radius 2 is 1.54 bits per heavy atom. The van der Waals surface area contributed by atoms with Gasteiger partial charge < -0.3 is 4.74 Å². The summed E-state index contributed by atoms with van der Waals surface area (Å²) < 4.78 is 33.2. The molecule has 0 amide bonds. The summed E-state index contributed by atoms with van der Waals surface area (Å²) >= 11 is 0. The molecule has 2 nitrogen and oxygen atoms in total. The van der Waals surface area contributed by atoms with Crippen molar-refractivity contribution in [1.29, 1.82) is 0 Å². The summed E-state index contributed by atoms with van der Waals surface area (Å²) in [6.45, 7) is 5.65. The fourth-order valence-corrected chi connectivity index (χ4v) is 3.08. The number of rotatable bonds is 13. The molecule has 0 bridgehead atoms. The van der Waals surface area contributed by atoms with E-state index in [1.54, 1.807) is 0 Å². The highest BCUT2D eigenvalue weighted by atomic mass is 19.1. The highest BCUT2D eigenvalue weighted by Gasteiger charge is 2.23. The molecule has 0 aliphatic heterocycles. The van der Waals surface area contributed by atoms with E-state index in [1.165, 1.54) is 57.9 Å². The number of unbranched alkanes of at least 4 members (excludes halogenated alkanes) is 8. The Bertz CT molecular complexity index is 543. The molecular weight excluding hydrogens is 334 g/mol. The van der Waals surface area contributed by atoms with Gasteiger partial charge in [0.2, 0.25) is 0 Å². The fraction of sp³-hybridized carbons (Fsp3) is 0.682. The molecule has 148 valence electrons. The van der Waals surface area contributed by atoms with Crippen LogP contribution in [-0.4, -0.2) is 12.1 Å². The van der Waals surface area contributed by atoms with Crippen LogP contribution in [0.4, 0.5) is 8.78 Å². The average molecular weight is 369 g/mol. The molecule has 26 heavy (non-hydrogen) atoms. The van der Waals surface area contributed by atoms with Gasteiger partial charge in [0.05, 0.1) is 0 Å². The topological polar surface area (TPSA) is 26.3 Å². The van der Waals surface area contributed by atoms with E-state index >= 15 is 0 Å². The summed E-state index contributed by atoms with van der Waals surface area (Å²) in [4.78, 5) is 12.2. The van der Waals surface area contributed by atoms with Gasteiger partial charge in [0.25, 0.3) is 0 Å². The SMILES string of the molecule is CCCCCCCCCCCC(CC)OC(=O)c1c(F)ccc(C)c1F. The van der Waals surface area contributed by atoms with Gasteiger partial charge in [-0.1, -0.05) is 71.3 Å². The molecule has 0 saturated heterocycles. The van der Waals surface area contributed by atoms with Gasteiger partial charge in [0.15, 0.2) is 0 Å². The van der Waals surface area contributed by atoms with Crippen molar-refractivity contribution >= 4 is 5.97 Å². The molecule has 0 aliphatic rings. The van der Waals surface area contributed by atoms with Crippen LogP contribution in [-0.2, 0) is 4.74 Å². The molecule has 0 aliphatic carbocycles. The van der Waals surface area contributed by atoms with Gasteiger partial charge in [-0.2, -0.15) is 0 Å². The lowest BCUT2D eigenvalue weighted by atomic mass is 10.0. The summed E-state index contributed by atoms with van der Waals surface area (Å²) in [5.41, 5.74) is -0.333. The minimum atomic E-state index is -0.897. The van der Waals surface area contributed by atoms with Crippen LogP contribution in [0.5, 0.6) is 0 Å². The number of hydrogen-bond donors (Lipinski definition) is 0. The van der Waals surface area contributed by atoms with E-state index < -0.39 is 23.2 Å². The highest BCUT2D eigenvalue weighted by Crippen LogP contribution is 2.20. The average Bonchev–Trinajstić information content (AvgIpc) is 2.62. The first-order chi connectivity index (χ1) is 12.5. The monoisotopic (exact) mass is 368 g/mol. The second kappa shape index (κ2) is 12.8. The number of benzene rings is 1. The molecular formula is C22H34F2O2. The van der Waals surface area contributed by atoms with E-state index in [1.807, 2.05) is 6.92 Å². The Labute approximate surface area is 157 Å². The molecule has 0 radical (unpaired) electrons. The van der Waals surface area contributed by atoms with Crippen molar-refractivity contribution in [2.24, 2.45) is 0 Å². The summed E-state index contributed by atoms with van der Waals surface area (Å²) in [6.07, 6.45) is 12.2. The number of carbonyl (C=O) groups excluding carboxylic acids is 1. The molecule has 1 rings (SSSR count). The van der Waals surface area contributed by atoms with Gasteiger partial charge >= 0.3 is 5.97 Å². The maximum Gasteiger partial charge on any atom is 0.344 e. The van der Waals surface area contributed by atoms with E-state index in [0.29, 0.717) is 6.42 Å². The number of esters is 1. The van der Waals surface area contributed by atoms with Crippen molar-refractivity contribution in [3.8, 4) is 0 Å². The fourth-order valence-electron chi connectivity index (χ4n) is 3.08. The summed E-state index contributed by atoms with van der Waals surface area (Å²) in [5.74, 6) is -2.59. The quantitative estimate of drug-likeness (QED) is 0.273. The number of halogens is 2. The van der Waals surface area contributed by atoms with E-state index in [0.717, 1.165) is 25.3 Å². The molecule has 0 fully saturated rings. The first-order valence-corrected chi connectivity index (χ1v) is 10.2. The molecule has 1 unspecified atom stereocenters. The Kier molecular flexibility index (Phi) is 11.1. The second-order valence-corrected chi connectivity index (χ2v) is 7.11. The first-order valence-electron chi connectivity index (χ1n) is 10.2. The maximum absolute atomic E-state index is 14.0. The number of carbonyl (C=O) groups is 1. The van der Waals surface area contributed by atoms with Crippen molar-refractivity contribution < 1.29 is 18.3 Å². The summed E-state index contributed by atoms with van der Waals surface area (Å²) in [7, 11) is 0. The van der Waals surface area contributed by atoms with Crippen LogP contribution in [0.2, 0.25) is 0 Å². The van der Waals surface area contributed by atoms with Crippen LogP contribution in [0, 0.1) is 18.6 Å². The standard InChI is InChI=1S/C22H34F2O2/c1-4-6-7-8-9-10-11-12-13-14-18(5-2)26-22(25)20-19(23)16-15-17(3)21(20)24/h15-16,18H,4-14H2,1-3H3. The van der Waals surface area contributed by atoms with Crippen molar-refractivity contribution in [3.05, 3.63) is 34.9 Å². The Morgan fingerprint density at radius 1 is 0.962 bits per heavy atom. The third-order valence-electron chi connectivity index (χ3n) is 4.85. The largest absolute Gasteiger partial charge is 0.459 e. The van der Waals surface area contributed by atoms with Gasteiger partial charge in [-0.15, -0.1) is 0 Å². The maximum atomic E-state index is 14.0. The third-order valence-corrected chi connectivity index (χ3v) is 4.85. The van der Waals surface area contributed by atoms with Crippen molar-refractivity contribution in [1.82, 2.24) is 0 Å². The minimum Gasteiger partial charge on any atom is -0.459 e. The van der Waals surface area contributed by atoms with Crippen LogP contribution in [0.3, 0.4) is 0 Å². The first kappa shape index (κ1) is 22.6. The van der Waals surface area contributed by atoms with Gasteiger partial charge in [-0.25, -0.2) is 13.6 Å². The van der Waals surface area contributed by atoms with E-state index in [2.05, 4.69) is 6.92 Å². The minimum absolute atomic E-state index is 0.241. The van der Waals surface area contributed by atoms with E-state index in [-0.39, 0.29) is 11.7 Å². The van der Waals surface area contributed by atoms with Crippen LogP contribution < -0.4 is 0 Å². The zero-order chi connectivity index (χ0) is 19.4. The van der Waals surface area contributed by atoms with Gasteiger partial charge in [0.1, 0.15) is 23.3 Å².